The fourth-order valence-corrected chi connectivity index (χ4v) is 5.85. The molecule has 0 radical (unpaired) electrons. The lowest BCUT2D eigenvalue weighted by atomic mass is 9.96. The number of halogens is 1. The maximum Gasteiger partial charge on any atom is 0.294 e. The quantitative estimate of drug-likeness (QED) is 0.188. The number of benzene rings is 5. The highest BCUT2D eigenvalue weighted by Gasteiger charge is 2.21. The summed E-state index contributed by atoms with van der Waals surface area (Å²) in [4.78, 5) is 7.70. The fourth-order valence-electron chi connectivity index (χ4n) is 5.31. The van der Waals surface area contributed by atoms with Gasteiger partial charge in [-0.15, -0.1) is 12.4 Å². The number of nitrogens with zero attached hydrogens (tertiary/aromatic N) is 1. The molecule has 3 N–H and O–H groups in total. The average molecular weight is 573 g/mol. The molecule has 0 amide bonds. The second kappa shape index (κ2) is 9.27. The van der Waals surface area contributed by atoms with E-state index < -0.39 is 15.0 Å². The van der Waals surface area contributed by atoms with Crippen LogP contribution in [-0.4, -0.2) is 35.2 Å². The monoisotopic (exact) mass is 572 g/mol. The number of hydrogen-bond donors (Lipinski definition) is 3. The van der Waals surface area contributed by atoms with Crippen LogP contribution in [0.25, 0.3) is 66.3 Å². The van der Waals surface area contributed by atoms with Gasteiger partial charge in [0.2, 0.25) is 0 Å². The molecule has 7 aromatic rings. The summed E-state index contributed by atoms with van der Waals surface area (Å²) in [5.74, 6) is 0.818. The third-order valence-electron chi connectivity index (χ3n) is 6.98. The summed E-state index contributed by atoms with van der Waals surface area (Å²) in [6.07, 6.45) is 0. The van der Waals surface area contributed by atoms with Crippen LogP contribution in [0, 0.1) is 0 Å². The van der Waals surface area contributed by atoms with Gasteiger partial charge in [0.1, 0.15) is 34.0 Å². The van der Waals surface area contributed by atoms with Crippen molar-refractivity contribution in [3.8, 4) is 34.0 Å². The number of rotatable bonds is 4. The van der Waals surface area contributed by atoms with Gasteiger partial charge >= 0.3 is 0 Å². The predicted molar refractivity (Wildman–Crippen MR) is 157 cm³/mol. The number of furan rings is 1. The van der Waals surface area contributed by atoms with E-state index in [4.69, 9.17) is 14.1 Å². The van der Waals surface area contributed by atoms with Crippen LogP contribution in [0.5, 0.6) is 11.5 Å². The Morgan fingerprint density at radius 2 is 1.57 bits per heavy atom. The van der Waals surface area contributed by atoms with Crippen LogP contribution < -0.4 is 4.74 Å². The zero-order chi connectivity index (χ0) is 26.9. The topological polar surface area (TPSA) is 126 Å². The molecule has 0 atom stereocenters. The number of phenolic OH excluding ortho intramolecular Hbond substituents is 1. The number of methoxy groups -OCH3 is 1. The van der Waals surface area contributed by atoms with Gasteiger partial charge in [0.25, 0.3) is 10.1 Å². The van der Waals surface area contributed by atoms with Gasteiger partial charge < -0.3 is 19.2 Å². The van der Waals surface area contributed by atoms with Gasteiger partial charge in [-0.1, -0.05) is 48.5 Å². The van der Waals surface area contributed by atoms with Crippen LogP contribution in [0.4, 0.5) is 0 Å². The van der Waals surface area contributed by atoms with Gasteiger partial charge in [-0.3, -0.25) is 4.55 Å². The molecule has 0 saturated carbocycles. The van der Waals surface area contributed by atoms with E-state index in [0.29, 0.717) is 38.9 Å². The Morgan fingerprint density at radius 1 is 0.850 bits per heavy atom. The lowest BCUT2D eigenvalue weighted by Crippen LogP contribution is -1.97. The minimum absolute atomic E-state index is 0. The molecule has 5 aromatic carbocycles. The first-order valence-corrected chi connectivity index (χ1v) is 13.5. The lowest BCUT2D eigenvalue weighted by molar-refractivity contribution is 0.418. The molecule has 0 fully saturated rings. The molecule has 2 heterocycles. The lowest BCUT2D eigenvalue weighted by Gasteiger charge is -2.13. The first kappa shape index (κ1) is 25.7. The van der Waals surface area contributed by atoms with Crippen molar-refractivity contribution < 1.29 is 27.2 Å². The van der Waals surface area contributed by atoms with Gasteiger partial charge in [-0.2, -0.15) is 8.42 Å². The first-order chi connectivity index (χ1) is 18.8. The van der Waals surface area contributed by atoms with Crippen molar-refractivity contribution in [2.24, 2.45) is 0 Å². The second-order valence-electron chi connectivity index (χ2n) is 9.23. The van der Waals surface area contributed by atoms with E-state index in [1.54, 1.807) is 19.2 Å². The number of aromatic hydroxyl groups is 1. The number of phenols is 1. The zero-order valence-electron chi connectivity index (χ0n) is 20.9. The molecule has 2 aromatic heterocycles. The number of aromatic nitrogens is 2. The molecule has 200 valence electrons. The predicted octanol–water partition coefficient (Wildman–Crippen LogP) is 7.33. The standard InChI is InChI=1S/C30H20N2O6S.ClH/c1-37-29-19(18-7-5-11-25-27(18)20-6-2-3-10-24(20)38-25)8-4-9-21(29)30-31-22-13-12-16-14-17(39(34,35)36)15-23(33)26(16)28(22)32-30;/h2-15,33H,1H3,(H,31,32)(H,34,35,36);1H. The van der Waals surface area contributed by atoms with Crippen molar-refractivity contribution in [3.63, 3.8) is 0 Å². The number of nitrogens with one attached hydrogen (secondary N) is 1. The summed E-state index contributed by atoms with van der Waals surface area (Å²) in [6.45, 7) is 0. The smallest absolute Gasteiger partial charge is 0.294 e. The Hall–Kier alpha value is -4.57. The maximum atomic E-state index is 11.6. The molecule has 0 unspecified atom stereocenters. The normalized spacial score (nSPS) is 11.8. The number of hydrogen-bond acceptors (Lipinski definition) is 6. The van der Waals surface area contributed by atoms with Crippen LogP contribution in [0.3, 0.4) is 0 Å². The van der Waals surface area contributed by atoms with Crippen LogP contribution in [-0.2, 0) is 10.1 Å². The maximum absolute atomic E-state index is 11.6. The van der Waals surface area contributed by atoms with Gasteiger partial charge in [0, 0.05) is 22.4 Å². The van der Waals surface area contributed by atoms with E-state index in [-0.39, 0.29) is 18.2 Å². The molecule has 0 aliphatic heterocycles. The minimum atomic E-state index is -4.48. The van der Waals surface area contributed by atoms with Crippen molar-refractivity contribution in [2.75, 3.05) is 7.11 Å². The molecule has 0 spiro atoms. The van der Waals surface area contributed by atoms with Gasteiger partial charge in [0.15, 0.2) is 0 Å². The fraction of sp³-hybridized carbons (Fsp3) is 0.0333. The molecule has 8 nitrogen and oxygen atoms in total. The highest BCUT2D eigenvalue weighted by Crippen LogP contribution is 2.44. The third-order valence-corrected chi connectivity index (χ3v) is 7.82. The van der Waals surface area contributed by atoms with Crippen molar-refractivity contribution in [3.05, 3.63) is 84.9 Å². The van der Waals surface area contributed by atoms with Crippen molar-refractivity contribution >= 4 is 66.3 Å². The molecule has 7 rings (SSSR count). The summed E-state index contributed by atoms with van der Waals surface area (Å²) in [5.41, 5.74) is 5.19. The molecule has 40 heavy (non-hydrogen) atoms. The van der Waals surface area contributed by atoms with Crippen molar-refractivity contribution in [2.45, 2.75) is 4.90 Å². The van der Waals surface area contributed by atoms with Crippen molar-refractivity contribution in [1.29, 1.82) is 0 Å². The van der Waals surface area contributed by atoms with Crippen LogP contribution in [0.2, 0.25) is 0 Å². The van der Waals surface area contributed by atoms with Crippen LogP contribution in [0.1, 0.15) is 0 Å². The van der Waals surface area contributed by atoms with E-state index in [0.717, 1.165) is 39.1 Å². The first-order valence-electron chi connectivity index (χ1n) is 12.0. The summed E-state index contributed by atoms with van der Waals surface area (Å²) < 4.78 is 44.8. The number of imidazole rings is 1. The number of aromatic amines is 1. The van der Waals surface area contributed by atoms with Crippen LogP contribution in [0.15, 0.2) is 94.2 Å². The second-order valence-corrected chi connectivity index (χ2v) is 10.6. The highest BCUT2D eigenvalue weighted by atomic mass is 35.5. The summed E-state index contributed by atoms with van der Waals surface area (Å²) in [5, 5.41) is 13.5. The average Bonchev–Trinajstić information content (AvgIpc) is 3.53. The molecule has 0 aliphatic carbocycles. The highest BCUT2D eigenvalue weighted by molar-refractivity contribution is 7.85. The Bertz CT molecular complexity index is 2220. The number of H-pyrrole nitrogens is 1. The van der Waals surface area contributed by atoms with E-state index in [9.17, 15) is 18.1 Å². The number of ether oxygens (including phenoxy) is 1. The Morgan fingerprint density at radius 3 is 2.38 bits per heavy atom. The largest absolute Gasteiger partial charge is 0.507 e. The summed E-state index contributed by atoms with van der Waals surface area (Å²) in [6, 6.07) is 25.4. The van der Waals surface area contributed by atoms with Crippen LogP contribution >= 0.6 is 12.4 Å². The van der Waals surface area contributed by atoms with Gasteiger partial charge in [-0.25, -0.2) is 4.98 Å². The Balaban J connectivity index is 0.00000289. The Labute approximate surface area is 234 Å². The molecule has 0 aliphatic rings. The molecular weight excluding hydrogens is 552 g/mol. The van der Waals surface area contributed by atoms with Gasteiger partial charge in [-0.05, 0) is 41.3 Å². The number of para-hydroxylation sites is 2. The van der Waals surface area contributed by atoms with E-state index in [2.05, 4.69) is 4.98 Å². The number of fused-ring (bicyclic) bond motifs is 6. The molecule has 10 heteroatoms. The SMILES string of the molecule is COc1c(-c2nc3c(ccc4cc(S(=O)(=O)O)cc(O)c43)[nH]2)cccc1-c1cccc2oc3ccccc3c12.Cl. The summed E-state index contributed by atoms with van der Waals surface area (Å²) >= 11 is 0. The Kier molecular flexibility index (Phi) is 5.95. The van der Waals surface area contributed by atoms with Crippen molar-refractivity contribution in [1.82, 2.24) is 9.97 Å². The van der Waals surface area contributed by atoms with E-state index in [1.165, 1.54) is 6.07 Å². The molecular formula is C30H21ClN2O6S. The third kappa shape index (κ3) is 3.86. The molecule has 0 bridgehead atoms. The van der Waals surface area contributed by atoms with E-state index in [1.807, 2.05) is 60.7 Å². The van der Waals surface area contributed by atoms with Gasteiger partial charge in [0.05, 0.1) is 28.5 Å². The zero-order valence-corrected chi connectivity index (χ0v) is 22.5. The molecule has 0 saturated heterocycles. The summed E-state index contributed by atoms with van der Waals surface area (Å²) in [7, 11) is -2.88. The minimum Gasteiger partial charge on any atom is -0.507 e. The van der Waals surface area contributed by atoms with E-state index >= 15 is 0 Å².